The van der Waals surface area contributed by atoms with Crippen LogP contribution in [0.3, 0.4) is 0 Å². The second-order valence-electron chi connectivity index (χ2n) is 5.75. The van der Waals surface area contributed by atoms with E-state index < -0.39 is 0 Å². The molecule has 0 saturated carbocycles. The molecule has 1 aliphatic rings. The van der Waals surface area contributed by atoms with Crippen LogP contribution < -0.4 is 16.2 Å². The van der Waals surface area contributed by atoms with Gasteiger partial charge in [0, 0.05) is 23.1 Å². The van der Waals surface area contributed by atoms with E-state index in [4.69, 9.17) is 0 Å². The molecule has 2 aromatic carbocycles. The first kappa shape index (κ1) is 13.8. The molecule has 0 fully saturated rings. The third-order valence-corrected chi connectivity index (χ3v) is 4.26. The quantitative estimate of drug-likeness (QED) is 0.561. The fraction of sp³-hybridized carbons (Fsp3) is 0.167. The molecule has 0 aliphatic carbocycles. The Morgan fingerprint density at radius 1 is 1.04 bits per heavy atom. The van der Waals surface area contributed by atoms with Crippen LogP contribution in [0, 0.1) is 0 Å². The highest BCUT2D eigenvalue weighted by atomic mass is 16.2. The Balaban J connectivity index is 1.48. The van der Waals surface area contributed by atoms with Crippen molar-refractivity contribution in [1.82, 2.24) is 15.7 Å². The molecule has 1 aliphatic heterocycles. The molecule has 5 heteroatoms. The predicted octanol–water partition coefficient (Wildman–Crippen LogP) is 2.33. The van der Waals surface area contributed by atoms with Gasteiger partial charge < -0.3 is 4.98 Å². The van der Waals surface area contributed by atoms with Gasteiger partial charge in [-0.1, -0.05) is 36.4 Å². The summed E-state index contributed by atoms with van der Waals surface area (Å²) in [6, 6.07) is 17.6. The van der Waals surface area contributed by atoms with Crippen LogP contribution in [-0.2, 0) is 17.8 Å². The number of aromatic nitrogens is 1. The van der Waals surface area contributed by atoms with E-state index in [1.165, 1.54) is 16.6 Å². The average Bonchev–Trinajstić information content (AvgIpc) is 2.98. The molecule has 0 unspecified atom stereocenters. The summed E-state index contributed by atoms with van der Waals surface area (Å²) < 4.78 is 0. The first-order chi connectivity index (χ1) is 11.3. The molecule has 0 bridgehead atoms. The van der Waals surface area contributed by atoms with E-state index in [1.807, 2.05) is 42.5 Å². The molecule has 1 amide bonds. The van der Waals surface area contributed by atoms with Crippen molar-refractivity contribution in [2.45, 2.75) is 19.0 Å². The minimum Gasteiger partial charge on any atom is -0.357 e. The second kappa shape index (κ2) is 5.78. The van der Waals surface area contributed by atoms with Crippen LogP contribution in [0.4, 0.5) is 5.69 Å². The van der Waals surface area contributed by atoms with Gasteiger partial charge in [0.15, 0.2) is 0 Å². The first-order valence-corrected chi connectivity index (χ1v) is 7.74. The standard InChI is InChI=1S/C18H18N4O/c23-18(22-21-12-6-2-1-3-7-12)16-10-14-13-8-4-5-9-15(13)20-17(14)11-19-16/h1-9,16,19-21H,10-11H2,(H,22,23)/t16-/m0/s1. The smallest absolute Gasteiger partial charge is 0.255 e. The maximum absolute atomic E-state index is 12.4. The van der Waals surface area contributed by atoms with E-state index in [1.54, 1.807) is 0 Å². The van der Waals surface area contributed by atoms with E-state index in [0.29, 0.717) is 13.0 Å². The number of aromatic amines is 1. The molecule has 4 N–H and O–H groups in total. The van der Waals surface area contributed by atoms with E-state index in [9.17, 15) is 4.79 Å². The maximum Gasteiger partial charge on any atom is 0.255 e. The summed E-state index contributed by atoms with van der Waals surface area (Å²) >= 11 is 0. The molecule has 116 valence electrons. The number of benzene rings is 2. The molecular weight excluding hydrogens is 288 g/mol. The number of hydrogen-bond acceptors (Lipinski definition) is 3. The van der Waals surface area contributed by atoms with E-state index >= 15 is 0 Å². The highest BCUT2D eigenvalue weighted by Crippen LogP contribution is 2.26. The van der Waals surface area contributed by atoms with Crippen molar-refractivity contribution in [3.8, 4) is 0 Å². The van der Waals surface area contributed by atoms with Crippen LogP contribution >= 0.6 is 0 Å². The van der Waals surface area contributed by atoms with Gasteiger partial charge in [-0.25, -0.2) is 0 Å². The van der Waals surface area contributed by atoms with E-state index in [0.717, 1.165) is 11.2 Å². The Kier molecular flexibility index (Phi) is 3.48. The lowest BCUT2D eigenvalue weighted by Gasteiger charge is -2.23. The Labute approximate surface area is 134 Å². The van der Waals surface area contributed by atoms with Crippen LogP contribution in [0.5, 0.6) is 0 Å². The lowest BCUT2D eigenvalue weighted by Crippen LogP contribution is -2.49. The zero-order chi connectivity index (χ0) is 15.6. The van der Waals surface area contributed by atoms with Gasteiger partial charge in [0.1, 0.15) is 0 Å². The number of carbonyl (C=O) groups excluding carboxylic acids is 1. The van der Waals surface area contributed by atoms with Crippen molar-refractivity contribution >= 4 is 22.5 Å². The molecule has 0 radical (unpaired) electrons. The van der Waals surface area contributed by atoms with Gasteiger partial charge in [-0.2, -0.15) is 0 Å². The fourth-order valence-electron chi connectivity index (χ4n) is 3.07. The highest BCUT2D eigenvalue weighted by molar-refractivity contribution is 5.88. The SMILES string of the molecule is O=C(NNc1ccccc1)[C@@H]1Cc2c([nH]c3ccccc23)CN1. The van der Waals surface area contributed by atoms with E-state index in [-0.39, 0.29) is 11.9 Å². The Morgan fingerprint density at radius 3 is 2.70 bits per heavy atom. The molecule has 2 heterocycles. The molecule has 0 saturated heterocycles. The van der Waals surface area contributed by atoms with E-state index in [2.05, 4.69) is 33.3 Å². The minimum atomic E-state index is -0.238. The van der Waals surface area contributed by atoms with Crippen molar-refractivity contribution in [3.63, 3.8) is 0 Å². The van der Waals surface area contributed by atoms with Crippen molar-refractivity contribution in [1.29, 1.82) is 0 Å². The fourth-order valence-corrected chi connectivity index (χ4v) is 3.07. The number of para-hydroxylation sites is 2. The maximum atomic E-state index is 12.4. The summed E-state index contributed by atoms with van der Waals surface area (Å²) in [6.45, 7) is 0.674. The lowest BCUT2D eigenvalue weighted by molar-refractivity contribution is -0.122. The lowest BCUT2D eigenvalue weighted by atomic mass is 9.98. The Morgan fingerprint density at radius 2 is 1.83 bits per heavy atom. The third-order valence-electron chi connectivity index (χ3n) is 4.26. The van der Waals surface area contributed by atoms with Crippen molar-refractivity contribution in [3.05, 3.63) is 65.9 Å². The molecule has 1 atom stereocenters. The number of nitrogens with one attached hydrogen (secondary N) is 4. The number of anilines is 1. The average molecular weight is 306 g/mol. The van der Waals surface area contributed by atoms with Gasteiger partial charge in [0.2, 0.25) is 0 Å². The molecular formula is C18H18N4O. The largest absolute Gasteiger partial charge is 0.357 e. The van der Waals surface area contributed by atoms with Crippen LogP contribution in [0.15, 0.2) is 54.6 Å². The monoisotopic (exact) mass is 306 g/mol. The normalized spacial score (nSPS) is 16.8. The zero-order valence-electron chi connectivity index (χ0n) is 12.6. The van der Waals surface area contributed by atoms with Crippen molar-refractivity contribution in [2.24, 2.45) is 0 Å². The van der Waals surface area contributed by atoms with Crippen molar-refractivity contribution < 1.29 is 4.79 Å². The van der Waals surface area contributed by atoms with Gasteiger partial charge in [-0.3, -0.25) is 21.0 Å². The Bertz CT molecular complexity index is 841. The summed E-state index contributed by atoms with van der Waals surface area (Å²) in [5.74, 6) is -0.0511. The van der Waals surface area contributed by atoms with Gasteiger partial charge in [0.05, 0.1) is 11.7 Å². The number of hydrogen-bond donors (Lipinski definition) is 4. The van der Waals surface area contributed by atoms with Gasteiger partial charge in [-0.05, 0) is 30.2 Å². The molecule has 5 nitrogen and oxygen atoms in total. The zero-order valence-corrected chi connectivity index (χ0v) is 12.6. The molecule has 4 rings (SSSR count). The van der Waals surface area contributed by atoms with Gasteiger partial charge >= 0.3 is 0 Å². The highest BCUT2D eigenvalue weighted by Gasteiger charge is 2.26. The van der Waals surface area contributed by atoms with Gasteiger partial charge in [-0.15, -0.1) is 0 Å². The van der Waals surface area contributed by atoms with Crippen molar-refractivity contribution in [2.75, 3.05) is 5.43 Å². The van der Waals surface area contributed by atoms with Crippen LogP contribution in [0.1, 0.15) is 11.3 Å². The minimum absolute atomic E-state index is 0.0511. The number of fused-ring (bicyclic) bond motifs is 3. The summed E-state index contributed by atoms with van der Waals surface area (Å²) in [5, 5.41) is 4.50. The molecule has 3 aromatic rings. The molecule has 1 aromatic heterocycles. The summed E-state index contributed by atoms with van der Waals surface area (Å²) in [6.07, 6.45) is 0.682. The Hall–Kier alpha value is -2.79. The summed E-state index contributed by atoms with van der Waals surface area (Å²) in [7, 11) is 0. The number of H-pyrrole nitrogens is 1. The number of rotatable bonds is 3. The molecule has 0 spiro atoms. The van der Waals surface area contributed by atoms with Crippen LogP contribution in [0.25, 0.3) is 10.9 Å². The summed E-state index contributed by atoms with van der Waals surface area (Å²) in [4.78, 5) is 15.8. The third kappa shape index (κ3) is 2.66. The number of hydrazine groups is 1. The molecule has 23 heavy (non-hydrogen) atoms. The topological polar surface area (TPSA) is 69.0 Å². The first-order valence-electron chi connectivity index (χ1n) is 7.74. The number of amides is 1. The van der Waals surface area contributed by atoms with Gasteiger partial charge in [0.25, 0.3) is 5.91 Å². The predicted molar refractivity (Wildman–Crippen MR) is 90.8 cm³/mol. The second-order valence-corrected chi connectivity index (χ2v) is 5.75. The van der Waals surface area contributed by atoms with Crippen LogP contribution in [0.2, 0.25) is 0 Å². The summed E-state index contributed by atoms with van der Waals surface area (Å²) in [5.41, 5.74) is 10.1. The number of carbonyl (C=O) groups is 1. The van der Waals surface area contributed by atoms with Crippen LogP contribution in [-0.4, -0.2) is 16.9 Å².